The Bertz CT molecular complexity index is 908. The van der Waals surface area contributed by atoms with Crippen molar-refractivity contribution in [3.05, 3.63) is 48.0 Å². The summed E-state index contributed by atoms with van der Waals surface area (Å²) in [6.07, 6.45) is 6.83. The lowest BCUT2D eigenvalue weighted by atomic mass is 9.85. The number of amides is 4. The second-order valence-corrected chi connectivity index (χ2v) is 9.79. The number of likely N-dealkylation sites (tertiary alicyclic amines) is 2. The van der Waals surface area contributed by atoms with Crippen LogP contribution in [0.1, 0.15) is 56.3 Å². The normalized spacial score (nSPS) is 24.2. The van der Waals surface area contributed by atoms with E-state index in [-0.39, 0.29) is 47.4 Å². The summed E-state index contributed by atoms with van der Waals surface area (Å²) in [5, 5.41) is 3.06. The van der Waals surface area contributed by atoms with Crippen molar-refractivity contribution in [1.29, 1.82) is 0 Å². The quantitative estimate of drug-likeness (QED) is 0.532. The van der Waals surface area contributed by atoms with Gasteiger partial charge in [0.2, 0.25) is 17.7 Å². The molecule has 0 saturated carbocycles. The zero-order valence-electron chi connectivity index (χ0n) is 19.4. The minimum absolute atomic E-state index is 0.00528. The van der Waals surface area contributed by atoms with E-state index in [2.05, 4.69) is 5.32 Å². The number of nitrogens with zero attached hydrogens (tertiary/aromatic N) is 2. The third-order valence-electron chi connectivity index (χ3n) is 7.01. The first-order valence-electron chi connectivity index (χ1n) is 12.0. The first-order chi connectivity index (χ1) is 15.9. The van der Waals surface area contributed by atoms with Crippen LogP contribution in [0.25, 0.3) is 0 Å². The fraction of sp³-hybridized carbons (Fsp3) is 0.538. The van der Waals surface area contributed by atoms with Crippen LogP contribution in [-0.4, -0.2) is 58.6 Å². The molecule has 1 aliphatic carbocycles. The highest BCUT2D eigenvalue weighted by molar-refractivity contribution is 6.08. The zero-order valence-corrected chi connectivity index (χ0v) is 19.4. The summed E-state index contributed by atoms with van der Waals surface area (Å²) in [5.41, 5.74) is 0.620. The van der Waals surface area contributed by atoms with Crippen LogP contribution in [0, 0.1) is 17.8 Å². The molecule has 2 fully saturated rings. The molecule has 0 aromatic heterocycles. The van der Waals surface area contributed by atoms with Gasteiger partial charge in [-0.15, -0.1) is 0 Å². The van der Waals surface area contributed by atoms with Gasteiger partial charge in [0.25, 0.3) is 5.91 Å². The Morgan fingerprint density at radius 3 is 2.09 bits per heavy atom. The molecule has 3 atom stereocenters. The van der Waals surface area contributed by atoms with E-state index in [9.17, 15) is 19.2 Å². The van der Waals surface area contributed by atoms with Crippen LogP contribution in [0.2, 0.25) is 0 Å². The summed E-state index contributed by atoms with van der Waals surface area (Å²) in [4.78, 5) is 55.3. The largest absolute Gasteiger partial charge is 0.349 e. The lowest BCUT2D eigenvalue weighted by Gasteiger charge is -2.37. The molecule has 7 heteroatoms. The van der Waals surface area contributed by atoms with E-state index in [1.807, 2.05) is 44.2 Å². The number of benzene rings is 1. The number of rotatable bonds is 6. The summed E-state index contributed by atoms with van der Waals surface area (Å²) < 4.78 is 0. The van der Waals surface area contributed by atoms with Crippen LogP contribution in [-0.2, 0) is 14.4 Å². The molecule has 176 valence electrons. The number of allylic oxidation sites excluding steroid dienone is 2. The molecule has 2 saturated heterocycles. The number of nitrogens with one attached hydrogen (secondary N) is 1. The summed E-state index contributed by atoms with van der Waals surface area (Å²) >= 11 is 0. The Morgan fingerprint density at radius 2 is 1.55 bits per heavy atom. The molecule has 4 rings (SSSR count). The highest BCUT2D eigenvalue weighted by Gasteiger charge is 2.51. The van der Waals surface area contributed by atoms with Crippen LogP contribution in [0.4, 0.5) is 0 Å². The number of carbonyl (C=O) groups is 4. The topological polar surface area (TPSA) is 86.8 Å². The van der Waals surface area contributed by atoms with Gasteiger partial charge in [0.05, 0.1) is 11.8 Å². The Balaban J connectivity index is 1.40. The smallest absolute Gasteiger partial charge is 0.251 e. The maximum atomic E-state index is 13.5. The average molecular weight is 452 g/mol. The molecular weight excluding hydrogens is 418 g/mol. The van der Waals surface area contributed by atoms with E-state index >= 15 is 0 Å². The fourth-order valence-corrected chi connectivity index (χ4v) is 5.21. The molecule has 2 heterocycles. The maximum absolute atomic E-state index is 13.5. The average Bonchev–Trinajstić information content (AvgIpc) is 3.08. The molecule has 4 amide bonds. The van der Waals surface area contributed by atoms with E-state index < -0.39 is 6.04 Å². The van der Waals surface area contributed by atoms with Gasteiger partial charge in [-0.2, -0.15) is 0 Å². The lowest BCUT2D eigenvalue weighted by molar-refractivity contribution is -0.152. The van der Waals surface area contributed by atoms with Crippen molar-refractivity contribution in [2.75, 3.05) is 13.1 Å². The van der Waals surface area contributed by atoms with Crippen molar-refractivity contribution in [1.82, 2.24) is 15.1 Å². The van der Waals surface area contributed by atoms with Crippen molar-refractivity contribution in [2.45, 2.75) is 58.0 Å². The fourth-order valence-electron chi connectivity index (χ4n) is 5.21. The Labute approximate surface area is 195 Å². The standard InChI is InChI=1S/C26H33N3O4/c1-17(2)16-22(29-24(31)20-10-6-7-11-21(20)25(29)32)26(33)28-14-12-19(13-15-28)27-23(30)18-8-4-3-5-9-18/h3-9,17,19-22H,10-16H2,1-2H3,(H,27,30). The van der Waals surface area contributed by atoms with Gasteiger partial charge in [0.15, 0.2) is 0 Å². The first-order valence-corrected chi connectivity index (χ1v) is 12.0. The van der Waals surface area contributed by atoms with Crippen molar-refractivity contribution in [3.8, 4) is 0 Å². The second-order valence-electron chi connectivity index (χ2n) is 9.79. The third kappa shape index (κ3) is 4.87. The second kappa shape index (κ2) is 9.89. The third-order valence-corrected chi connectivity index (χ3v) is 7.01. The van der Waals surface area contributed by atoms with Crippen molar-refractivity contribution in [3.63, 3.8) is 0 Å². The van der Waals surface area contributed by atoms with Crippen LogP contribution >= 0.6 is 0 Å². The Kier molecular flexibility index (Phi) is 6.96. The van der Waals surface area contributed by atoms with Crippen molar-refractivity contribution < 1.29 is 19.2 Å². The van der Waals surface area contributed by atoms with Crippen molar-refractivity contribution >= 4 is 23.6 Å². The van der Waals surface area contributed by atoms with E-state index in [1.54, 1.807) is 17.0 Å². The molecule has 2 aliphatic heterocycles. The predicted octanol–water partition coefficient (Wildman–Crippen LogP) is 2.77. The van der Waals surface area contributed by atoms with Gasteiger partial charge >= 0.3 is 0 Å². The highest BCUT2D eigenvalue weighted by atomic mass is 16.2. The SMILES string of the molecule is CC(C)CC(C(=O)N1CCC(NC(=O)c2ccccc2)CC1)N1C(=O)C2CC=CCC2C1=O. The van der Waals surface area contributed by atoms with E-state index in [4.69, 9.17) is 0 Å². The van der Waals surface area contributed by atoms with Crippen LogP contribution in [0.15, 0.2) is 42.5 Å². The molecule has 1 N–H and O–H groups in total. The number of hydrogen-bond acceptors (Lipinski definition) is 4. The molecule has 7 nitrogen and oxygen atoms in total. The summed E-state index contributed by atoms with van der Waals surface area (Å²) in [6.45, 7) is 5.01. The van der Waals surface area contributed by atoms with Gasteiger partial charge in [-0.05, 0) is 50.2 Å². The minimum Gasteiger partial charge on any atom is -0.349 e. The van der Waals surface area contributed by atoms with Gasteiger partial charge in [0, 0.05) is 24.7 Å². The molecule has 1 aromatic carbocycles. The predicted molar refractivity (Wildman–Crippen MR) is 124 cm³/mol. The molecule has 0 spiro atoms. The molecule has 0 radical (unpaired) electrons. The highest BCUT2D eigenvalue weighted by Crippen LogP contribution is 2.37. The van der Waals surface area contributed by atoms with Gasteiger partial charge < -0.3 is 10.2 Å². The van der Waals surface area contributed by atoms with Crippen LogP contribution in [0.3, 0.4) is 0 Å². The number of piperidine rings is 1. The zero-order chi connectivity index (χ0) is 23.5. The molecule has 1 aromatic rings. The van der Waals surface area contributed by atoms with E-state index in [1.165, 1.54) is 4.90 Å². The molecule has 33 heavy (non-hydrogen) atoms. The number of fused-ring (bicyclic) bond motifs is 1. The summed E-state index contributed by atoms with van der Waals surface area (Å²) in [6, 6.07) is 8.34. The van der Waals surface area contributed by atoms with Crippen molar-refractivity contribution in [2.24, 2.45) is 17.8 Å². The summed E-state index contributed by atoms with van der Waals surface area (Å²) in [7, 11) is 0. The number of carbonyl (C=O) groups excluding carboxylic acids is 4. The van der Waals surface area contributed by atoms with Gasteiger partial charge in [-0.1, -0.05) is 44.2 Å². The minimum atomic E-state index is -0.744. The summed E-state index contributed by atoms with van der Waals surface area (Å²) in [5.74, 6) is -1.14. The molecule has 3 unspecified atom stereocenters. The lowest BCUT2D eigenvalue weighted by Crippen LogP contribution is -2.55. The van der Waals surface area contributed by atoms with E-state index in [0.29, 0.717) is 50.8 Å². The molecule has 3 aliphatic rings. The molecular formula is C26H33N3O4. The van der Waals surface area contributed by atoms with Crippen LogP contribution < -0.4 is 5.32 Å². The number of hydrogen-bond donors (Lipinski definition) is 1. The monoisotopic (exact) mass is 451 g/mol. The van der Waals surface area contributed by atoms with Crippen LogP contribution in [0.5, 0.6) is 0 Å². The number of imide groups is 1. The maximum Gasteiger partial charge on any atom is 0.251 e. The van der Waals surface area contributed by atoms with Gasteiger partial charge in [-0.3, -0.25) is 24.1 Å². The van der Waals surface area contributed by atoms with E-state index in [0.717, 1.165) is 0 Å². The Morgan fingerprint density at radius 1 is 0.970 bits per heavy atom. The first kappa shape index (κ1) is 23.2. The molecule has 0 bridgehead atoms. The van der Waals surface area contributed by atoms with Gasteiger partial charge in [0.1, 0.15) is 6.04 Å². The van der Waals surface area contributed by atoms with Gasteiger partial charge in [-0.25, -0.2) is 0 Å². The Hall–Kier alpha value is -2.96.